The molecule has 1 aliphatic carbocycles. The van der Waals surface area contributed by atoms with Gasteiger partial charge in [0.1, 0.15) is 0 Å². The van der Waals surface area contributed by atoms with Gasteiger partial charge in [0, 0.05) is 17.6 Å². The summed E-state index contributed by atoms with van der Waals surface area (Å²) in [5.41, 5.74) is 1.08. The number of likely N-dealkylation sites (tertiary alicyclic amines) is 1. The number of nitrogens with zero attached hydrogens (tertiary/aromatic N) is 1. The molecule has 1 saturated carbocycles. The summed E-state index contributed by atoms with van der Waals surface area (Å²) in [6.45, 7) is 0.828. The molecule has 1 N–H and O–H groups in total. The molecule has 108 valence electrons. The highest BCUT2D eigenvalue weighted by Gasteiger charge is 2.32. The van der Waals surface area contributed by atoms with Gasteiger partial charge in [-0.3, -0.25) is 0 Å². The zero-order valence-corrected chi connectivity index (χ0v) is 12.4. The van der Waals surface area contributed by atoms with Gasteiger partial charge in [-0.15, -0.1) is 0 Å². The molecular formula is C16H21ClN2O. The van der Waals surface area contributed by atoms with E-state index in [0.29, 0.717) is 6.04 Å². The highest BCUT2D eigenvalue weighted by atomic mass is 35.5. The quantitative estimate of drug-likeness (QED) is 0.873. The molecule has 2 aliphatic rings. The molecule has 0 radical (unpaired) electrons. The van der Waals surface area contributed by atoms with E-state index in [1.807, 2.05) is 29.2 Å². The minimum absolute atomic E-state index is 0.0827. The molecule has 0 aromatic heterocycles. The van der Waals surface area contributed by atoms with Crippen LogP contribution in [-0.2, 0) is 0 Å². The number of carbonyl (C=O) groups excluding carboxylic acids is 1. The van der Waals surface area contributed by atoms with Crippen LogP contribution in [-0.4, -0.2) is 23.5 Å². The molecule has 4 heteroatoms. The predicted molar refractivity (Wildman–Crippen MR) is 80.9 cm³/mol. The second-order valence-electron chi connectivity index (χ2n) is 5.80. The Balaban J connectivity index is 1.72. The van der Waals surface area contributed by atoms with Crippen molar-refractivity contribution in [2.75, 3.05) is 6.54 Å². The summed E-state index contributed by atoms with van der Waals surface area (Å²) in [5.74, 6) is 0. The Bertz CT molecular complexity index is 485. The summed E-state index contributed by atoms with van der Waals surface area (Å²) in [6.07, 6.45) is 6.76. The van der Waals surface area contributed by atoms with Crippen LogP contribution in [0.4, 0.5) is 4.79 Å². The first-order chi connectivity index (χ1) is 9.75. The van der Waals surface area contributed by atoms with E-state index in [2.05, 4.69) is 5.32 Å². The number of hydrogen-bond acceptors (Lipinski definition) is 1. The summed E-state index contributed by atoms with van der Waals surface area (Å²) in [6, 6.07) is 8.45. The van der Waals surface area contributed by atoms with E-state index in [9.17, 15) is 4.79 Å². The Morgan fingerprint density at radius 2 is 1.90 bits per heavy atom. The van der Waals surface area contributed by atoms with Gasteiger partial charge in [-0.05, 0) is 37.3 Å². The van der Waals surface area contributed by atoms with Gasteiger partial charge < -0.3 is 10.2 Å². The fourth-order valence-corrected chi connectivity index (χ4v) is 3.67. The second-order valence-corrected chi connectivity index (χ2v) is 6.21. The largest absolute Gasteiger partial charge is 0.335 e. The molecule has 1 aliphatic heterocycles. The maximum Gasteiger partial charge on any atom is 0.318 e. The van der Waals surface area contributed by atoms with Crippen LogP contribution < -0.4 is 5.32 Å². The molecule has 0 spiro atoms. The van der Waals surface area contributed by atoms with Crippen molar-refractivity contribution in [2.24, 2.45) is 0 Å². The molecule has 1 atom stereocenters. The first kappa shape index (κ1) is 13.7. The maximum absolute atomic E-state index is 12.5. The molecule has 3 rings (SSSR count). The fourth-order valence-electron chi connectivity index (χ4n) is 3.41. The molecule has 1 saturated heterocycles. The molecular weight excluding hydrogens is 272 g/mol. The van der Waals surface area contributed by atoms with Crippen molar-refractivity contribution in [1.82, 2.24) is 10.2 Å². The maximum atomic E-state index is 12.5. The van der Waals surface area contributed by atoms with Crippen LogP contribution in [0, 0.1) is 0 Å². The minimum atomic E-state index is 0.0827. The molecule has 0 bridgehead atoms. The van der Waals surface area contributed by atoms with Gasteiger partial charge in [-0.25, -0.2) is 4.79 Å². The second kappa shape index (κ2) is 6.04. The lowest BCUT2D eigenvalue weighted by Gasteiger charge is -2.27. The van der Waals surface area contributed by atoms with Crippen LogP contribution >= 0.6 is 11.6 Å². The van der Waals surface area contributed by atoms with Crippen LogP contribution in [0.3, 0.4) is 0 Å². The van der Waals surface area contributed by atoms with Gasteiger partial charge in [0.15, 0.2) is 0 Å². The van der Waals surface area contributed by atoms with Gasteiger partial charge in [0.25, 0.3) is 0 Å². The third-order valence-electron chi connectivity index (χ3n) is 4.46. The van der Waals surface area contributed by atoms with E-state index in [4.69, 9.17) is 11.6 Å². The van der Waals surface area contributed by atoms with Crippen molar-refractivity contribution >= 4 is 17.6 Å². The van der Waals surface area contributed by atoms with Crippen LogP contribution in [0.1, 0.15) is 50.1 Å². The van der Waals surface area contributed by atoms with Gasteiger partial charge in [-0.1, -0.05) is 42.6 Å². The summed E-state index contributed by atoms with van der Waals surface area (Å²) in [4.78, 5) is 14.4. The number of nitrogens with one attached hydrogen (secondary N) is 1. The number of urea groups is 1. The van der Waals surface area contributed by atoms with Crippen LogP contribution in [0.5, 0.6) is 0 Å². The van der Waals surface area contributed by atoms with E-state index < -0.39 is 0 Å². The Morgan fingerprint density at radius 1 is 1.15 bits per heavy atom. The minimum Gasteiger partial charge on any atom is -0.335 e. The fraction of sp³-hybridized carbons (Fsp3) is 0.562. The topological polar surface area (TPSA) is 32.3 Å². The number of benzene rings is 1. The summed E-state index contributed by atoms with van der Waals surface area (Å²) in [5, 5.41) is 3.95. The van der Waals surface area contributed by atoms with Crippen molar-refractivity contribution in [3.05, 3.63) is 34.9 Å². The Labute approximate surface area is 125 Å². The molecule has 1 heterocycles. The zero-order valence-electron chi connectivity index (χ0n) is 11.6. The molecule has 1 aromatic carbocycles. The van der Waals surface area contributed by atoms with E-state index in [1.165, 1.54) is 12.8 Å². The first-order valence-corrected chi connectivity index (χ1v) is 7.95. The van der Waals surface area contributed by atoms with E-state index in [1.54, 1.807) is 0 Å². The zero-order chi connectivity index (χ0) is 13.9. The van der Waals surface area contributed by atoms with Gasteiger partial charge in [-0.2, -0.15) is 0 Å². The monoisotopic (exact) mass is 292 g/mol. The highest BCUT2D eigenvalue weighted by molar-refractivity contribution is 6.31. The average Bonchev–Trinajstić information content (AvgIpc) is 3.09. The SMILES string of the molecule is O=C(NC1CCCC1)N1CCCC1c1ccccc1Cl. The van der Waals surface area contributed by atoms with Gasteiger partial charge >= 0.3 is 6.03 Å². The standard InChI is InChI=1S/C16H21ClN2O/c17-14-9-4-3-8-13(14)15-10-5-11-19(15)16(20)18-12-6-1-2-7-12/h3-4,8-9,12,15H,1-2,5-7,10-11H2,(H,18,20). The molecule has 20 heavy (non-hydrogen) atoms. The third-order valence-corrected chi connectivity index (χ3v) is 4.80. The normalized spacial score (nSPS) is 23.2. The van der Waals surface area contributed by atoms with Crippen molar-refractivity contribution < 1.29 is 4.79 Å². The van der Waals surface area contributed by atoms with Crippen molar-refractivity contribution in [3.8, 4) is 0 Å². The molecule has 2 amide bonds. The molecule has 2 fully saturated rings. The van der Waals surface area contributed by atoms with Crippen molar-refractivity contribution in [2.45, 2.75) is 50.6 Å². The Morgan fingerprint density at radius 3 is 2.65 bits per heavy atom. The summed E-state index contributed by atoms with van der Waals surface area (Å²) in [7, 11) is 0. The smallest absolute Gasteiger partial charge is 0.318 e. The third kappa shape index (κ3) is 2.78. The van der Waals surface area contributed by atoms with Crippen LogP contribution in [0.2, 0.25) is 5.02 Å². The number of amides is 2. The molecule has 3 nitrogen and oxygen atoms in total. The summed E-state index contributed by atoms with van der Waals surface area (Å²) < 4.78 is 0. The molecule has 1 unspecified atom stereocenters. The first-order valence-electron chi connectivity index (χ1n) is 7.57. The number of carbonyl (C=O) groups is 1. The summed E-state index contributed by atoms with van der Waals surface area (Å²) >= 11 is 6.29. The van der Waals surface area contributed by atoms with E-state index in [-0.39, 0.29) is 12.1 Å². The van der Waals surface area contributed by atoms with Crippen molar-refractivity contribution in [1.29, 1.82) is 0 Å². The van der Waals surface area contributed by atoms with Crippen molar-refractivity contribution in [3.63, 3.8) is 0 Å². The van der Waals surface area contributed by atoms with Gasteiger partial charge in [0.2, 0.25) is 0 Å². The Kier molecular flexibility index (Phi) is 4.16. The lowest BCUT2D eigenvalue weighted by molar-refractivity contribution is 0.189. The van der Waals surface area contributed by atoms with Crippen LogP contribution in [0.15, 0.2) is 24.3 Å². The average molecular weight is 293 g/mol. The van der Waals surface area contributed by atoms with Crippen LogP contribution in [0.25, 0.3) is 0 Å². The van der Waals surface area contributed by atoms with E-state index >= 15 is 0 Å². The molecule has 1 aromatic rings. The Hall–Kier alpha value is -1.22. The van der Waals surface area contributed by atoms with Gasteiger partial charge in [0.05, 0.1) is 6.04 Å². The number of hydrogen-bond donors (Lipinski definition) is 1. The highest BCUT2D eigenvalue weighted by Crippen LogP contribution is 2.35. The lowest BCUT2D eigenvalue weighted by atomic mass is 10.0. The number of halogens is 1. The number of rotatable bonds is 2. The lowest BCUT2D eigenvalue weighted by Crippen LogP contribution is -2.43. The van der Waals surface area contributed by atoms with E-state index in [0.717, 1.165) is 42.8 Å². The predicted octanol–water partition coefficient (Wildman–Crippen LogP) is 4.13.